The molecule has 120 valence electrons. The summed E-state index contributed by atoms with van der Waals surface area (Å²) in [5, 5.41) is 5.08. The van der Waals surface area contributed by atoms with Crippen LogP contribution in [0.5, 0.6) is 0 Å². The van der Waals surface area contributed by atoms with Crippen molar-refractivity contribution in [2.24, 2.45) is 5.92 Å². The van der Waals surface area contributed by atoms with E-state index < -0.39 is 0 Å². The van der Waals surface area contributed by atoms with E-state index in [9.17, 15) is 4.79 Å². The molecule has 0 spiro atoms. The van der Waals surface area contributed by atoms with Gasteiger partial charge in [0.05, 0.1) is 0 Å². The highest BCUT2D eigenvalue weighted by Gasteiger charge is 2.29. The molecule has 1 fully saturated rings. The Morgan fingerprint density at radius 1 is 1.08 bits per heavy atom. The zero-order chi connectivity index (χ0) is 16.5. The number of nitrogens with one attached hydrogen (secondary N) is 1. The first-order valence-corrected chi connectivity index (χ1v) is 8.53. The van der Waals surface area contributed by atoms with Crippen LogP contribution in [0.15, 0.2) is 54.7 Å². The van der Waals surface area contributed by atoms with E-state index in [2.05, 4.69) is 59.7 Å². The molecule has 0 saturated heterocycles. The molecule has 1 aromatic heterocycles. The molecular weight excluding hydrogens is 296 g/mol. The summed E-state index contributed by atoms with van der Waals surface area (Å²) in [5.74, 6) is 0.922. The van der Waals surface area contributed by atoms with Gasteiger partial charge in [0.25, 0.3) is 0 Å². The molecule has 0 unspecified atom stereocenters. The van der Waals surface area contributed by atoms with Crippen LogP contribution in [0.3, 0.4) is 0 Å². The number of hydrogen-bond acceptors (Lipinski definition) is 2. The minimum atomic E-state index is 0.0925. The number of amides is 1. The lowest BCUT2D eigenvalue weighted by Crippen LogP contribution is -2.14. The third-order valence-electron chi connectivity index (χ3n) is 4.59. The molecule has 3 nitrogen and oxygen atoms in total. The highest BCUT2D eigenvalue weighted by atomic mass is 16.2. The van der Waals surface area contributed by atoms with Crippen molar-refractivity contribution in [2.45, 2.75) is 26.2 Å². The van der Waals surface area contributed by atoms with Crippen LogP contribution >= 0.6 is 0 Å². The molecule has 1 amide bonds. The third kappa shape index (κ3) is 3.02. The minimum Gasteiger partial charge on any atom is -0.310 e. The van der Waals surface area contributed by atoms with E-state index in [0.29, 0.717) is 5.82 Å². The van der Waals surface area contributed by atoms with Crippen LogP contribution < -0.4 is 5.32 Å². The van der Waals surface area contributed by atoms with E-state index in [-0.39, 0.29) is 11.8 Å². The number of pyridine rings is 1. The van der Waals surface area contributed by atoms with E-state index in [1.54, 1.807) is 0 Å². The van der Waals surface area contributed by atoms with Gasteiger partial charge in [0, 0.05) is 17.5 Å². The number of carbonyl (C=O) groups excluding carboxylic acids is 1. The van der Waals surface area contributed by atoms with Crippen LogP contribution in [0, 0.1) is 5.92 Å². The molecule has 1 saturated carbocycles. The van der Waals surface area contributed by atoms with Gasteiger partial charge in [0.15, 0.2) is 0 Å². The predicted octanol–water partition coefficient (Wildman–Crippen LogP) is 4.81. The summed E-state index contributed by atoms with van der Waals surface area (Å²) in [6.07, 6.45) is 4.87. The fourth-order valence-electron chi connectivity index (χ4n) is 2.93. The molecule has 0 radical (unpaired) electrons. The summed E-state index contributed by atoms with van der Waals surface area (Å²) >= 11 is 0. The number of aryl methyl sites for hydroxylation is 1. The van der Waals surface area contributed by atoms with Crippen LogP contribution in [-0.2, 0) is 11.2 Å². The van der Waals surface area contributed by atoms with Gasteiger partial charge in [-0.15, -0.1) is 0 Å². The second-order valence-electron chi connectivity index (χ2n) is 6.45. The van der Waals surface area contributed by atoms with Crippen molar-refractivity contribution in [2.75, 3.05) is 5.32 Å². The quantitative estimate of drug-likeness (QED) is 0.750. The number of benzene rings is 2. The first kappa shape index (κ1) is 14.9. The first-order chi connectivity index (χ1) is 11.7. The summed E-state index contributed by atoms with van der Waals surface area (Å²) in [4.78, 5) is 16.3. The maximum Gasteiger partial charge on any atom is 0.228 e. The molecule has 0 aliphatic heterocycles. The van der Waals surface area contributed by atoms with Crippen molar-refractivity contribution in [3.8, 4) is 11.1 Å². The lowest BCUT2D eigenvalue weighted by Gasteiger charge is -2.08. The van der Waals surface area contributed by atoms with Crippen molar-refractivity contribution in [3.05, 3.63) is 60.3 Å². The van der Waals surface area contributed by atoms with Gasteiger partial charge in [-0.3, -0.25) is 4.79 Å². The zero-order valence-corrected chi connectivity index (χ0v) is 13.8. The zero-order valence-electron chi connectivity index (χ0n) is 13.8. The van der Waals surface area contributed by atoms with E-state index in [1.807, 2.05) is 12.3 Å². The molecule has 1 N–H and O–H groups in total. The van der Waals surface area contributed by atoms with Gasteiger partial charge in [-0.05, 0) is 53.5 Å². The van der Waals surface area contributed by atoms with Crippen molar-refractivity contribution in [3.63, 3.8) is 0 Å². The smallest absolute Gasteiger partial charge is 0.228 e. The SMILES string of the molecule is CCc1cccc(-c2ccc3cc(NC(=O)C4CC4)ncc3c2)c1. The number of anilines is 1. The van der Waals surface area contributed by atoms with Crippen molar-refractivity contribution in [1.29, 1.82) is 0 Å². The molecule has 3 aromatic rings. The lowest BCUT2D eigenvalue weighted by atomic mass is 10.00. The molecule has 2 aromatic carbocycles. The number of carbonyl (C=O) groups is 1. The molecule has 0 atom stereocenters. The molecule has 0 bridgehead atoms. The first-order valence-electron chi connectivity index (χ1n) is 8.53. The van der Waals surface area contributed by atoms with Gasteiger partial charge >= 0.3 is 0 Å². The Kier molecular flexibility index (Phi) is 3.77. The Morgan fingerprint density at radius 2 is 1.92 bits per heavy atom. The van der Waals surface area contributed by atoms with Gasteiger partial charge in [-0.1, -0.05) is 43.3 Å². The third-order valence-corrected chi connectivity index (χ3v) is 4.59. The highest BCUT2D eigenvalue weighted by Crippen LogP contribution is 2.30. The standard InChI is InChI=1S/C21H20N2O/c1-2-14-4-3-5-16(10-14)17-8-9-18-12-20(22-13-19(18)11-17)23-21(24)15-6-7-15/h3-5,8-13,15H,2,6-7H2,1H3,(H,22,23,24). The minimum absolute atomic E-state index is 0.0925. The molecule has 1 heterocycles. The summed E-state index contributed by atoms with van der Waals surface area (Å²) in [5.41, 5.74) is 3.75. The number of nitrogens with zero attached hydrogens (tertiary/aromatic N) is 1. The Bertz CT molecular complexity index is 913. The molecule has 4 rings (SSSR count). The van der Waals surface area contributed by atoms with Gasteiger partial charge in [-0.25, -0.2) is 4.98 Å². The number of fused-ring (bicyclic) bond motifs is 1. The van der Waals surface area contributed by atoms with Crippen LogP contribution in [0.25, 0.3) is 21.9 Å². The monoisotopic (exact) mass is 316 g/mol. The Hall–Kier alpha value is -2.68. The van der Waals surface area contributed by atoms with Crippen molar-refractivity contribution in [1.82, 2.24) is 4.98 Å². The molecule has 1 aliphatic rings. The number of aromatic nitrogens is 1. The van der Waals surface area contributed by atoms with E-state index >= 15 is 0 Å². The lowest BCUT2D eigenvalue weighted by molar-refractivity contribution is -0.117. The highest BCUT2D eigenvalue weighted by molar-refractivity contribution is 5.95. The van der Waals surface area contributed by atoms with E-state index in [4.69, 9.17) is 0 Å². The van der Waals surface area contributed by atoms with Crippen molar-refractivity contribution >= 4 is 22.5 Å². The number of hydrogen-bond donors (Lipinski definition) is 1. The largest absolute Gasteiger partial charge is 0.310 e. The fraction of sp³-hybridized carbons (Fsp3) is 0.238. The topological polar surface area (TPSA) is 42.0 Å². The van der Waals surface area contributed by atoms with E-state index in [0.717, 1.165) is 30.0 Å². The average molecular weight is 316 g/mol. The van der Waals surface area contributed by atoms with Gasteiger partial charge in [0.1, 0.15) is 5.82 Å². The molecule has 24 heavy (non-hydrogen) atoms. The van der Waals surface area contributed by atoms with Gasteiger partial charge in [-0.2, -0.15) is 0 Å². The average Bonchev–Trinajstić information content (AvgIpc) is 3.46. The second kappa shape index (κ2) is 6.08. The van der Waals surface area contributed by atoms with Crippen LogP contribution in [-0.4, -0.2) is 10.9 Å². The van der Waals surface area contributed by atoms with Crippen LogP contribution in [0.4, 0.5) is 5.82 Å². The Morgan fingerprint density at radius 3 is 2.71 bits per heavy atom. The second-order valence-corrected chi connectivity index (χ2v) is 6.45. The van der Waals surface area contributed by atoms with E-state index in [1.165, 1.54) is 16.7 Å². The summed E-state index contributed by atoms with van der Waals surface area (Å²) in [6.45, 7) is 2.17. The Labute approximate surface area is 141 Å². The maximum absolute atomic E-state index is 11.9. The summed E-state index contributed by atoms with van der Waals surface area (Å²) in [6, 6.07) is 17.0. The maximum atomic E-state index is 11.9. The van der Waals surface area contributed by atoms with Crippen molar-refractivity contribution < 1.29 is 4.79 Å². The van der Waals surface area contributed by atoms with Gasteiger partial charge in [0.2, 0.25) is 5.91 Å². The molecular formula is C21H20N2O. The van der Waals surface area contributed by atoms with Crippen LogP contribution in [0.1, 0.15) is 25.3 Å². The molecule has 1 aliphatic carbocycles. The Balaban J connectivity index is 1.64. The number of rotatable bonds is 4. The normalized spacial score (nSPS) is 13.9. The predicted molar refractivity (Wildman–Crippen MR) is 97.9 cm³/mol. The summed E-state index contributed by atoms with van der Waals surface area (Å²) < 4.78 is 0. The van der Waals surface area contributed by atoms with Gasteiger partial charge < -0.3 is 5.32 Å². The van der Waals surface area contributed by atoms with Crippen LogP contribution in [0.2, 0.25) is 0 Å². The molecule has 3 heteroatoms. The summed E-state index contributed by atoms with van der Waals surface area (Å²) in [7, 11) is 0. The fourth-order valence-corrected chi connectivity index (χ4v) is 2.93.